The van der Waals surface area contributed by atoms with Crippen molar-refractivity contribution < 1.29 is 13.2 Å². The fraction of sp³-hybridized carbons (Fsp3) is 0.368. The summed E-state index contributed by atoms with van der Waals surface area (Å²) in [5.41, 5.74) is 1.70. The topological polar surface area (TPSA) is 58.6 Å². The van der Waals surface area contributed by atoms with Crippen molar-refractivity contribution in [2.24, 2.45) is 5.92 Å². The maximum Gasteiger partial charge on any atom is 0.261 e. The Kier molecular flexibility index (Phi) is 5.18. The van der Waals surface area contributed by atoms with E-state index >= 15 is 0 Å². The summed E-state index contributed by atoms with van der Waals surface area (Å²) in [6.07, 6.45) is 2.40. The van der Waals surface area contributed by atoms with Gasteiger partial charge < -0.3 is 9.64 Å². The lowest BCUT2D eigenvalue weighted by Gasteiger charge is -2.32. The standard InChI is InChI=1S/C19H24N2O3S/c1-15-11-13-21(14-12-15)17-5-3-16(4-6-17)20-25(22,23)19-9-7-18(24-2)8-10-19/h3-10,15,20H,11-14H2,1-2H3. The Morgan fingerprint density at radius 2 is 1.60 bits per heavy atom. The Morgan fingerprint density at radius 1 is 1.00 bits per heavy atom. The highest BCUT2D eigenvalue weighted by molar-refractivity contribution is 7.92. The predicted octanol–water partition coefficient (Wildman–Crippen LogP) is 3.73. The van der Waals surface area contributed by atoms with Crippen molar-refractivity contribution in [2.75, 3.05) is 29.8 Å². The van der Waals surface area contributed by atoms with Gasteiger partial charge in [-0.2, -0.15) is 0 Å². The fourth-order valence-corrected chi connectivity index (χ4v) is 4.03. The van der Waals surface area contributed by atoms with Crippen LogP contribution in [0.15, 0.2) is 53.4 Å². The zero-order valence-electron chi connectivity index (χ0n) is 14.6. The second kappa shape index (κ2) is 7.35. The number of benzene rings is 2. The van der Waals surface area contributed by atoms with E-state index in [1.165, 1.54) is 25.0 Å². The number of piperidine rings is 1. The van der Waals surface area contributed by atoms with Crippen LogP contribution in [0.1, 0.15) is 19.8 Å². The van der Waals surface area contributed by atoms with Crippen molar-refractivity contribution in [3.8, 4) is 5.75 Å². The van der Waals surface area contributed by atoms with Gasteiger partial charge in [0.15, 0.2) is 0 Å². The summed E-state index contributed by atoms with van der Waals surface area (Å²) >= 11 is 0. The van der Waals surface area contributed by atoms with E-state index in [9.17, 15) is 8.42 Å². The Hall–Kier alpha value is -2.21. The predicted molar refractivity (Wildman–Crippen MR) is 101 cm³/mol. The molecule has 1 heterocycles. The zero-order chi connectivity index (χ0) is 17.9. The molecule has 1 aliphatic rings. The molecule has 6 heteroatoms. The number of methoxy groups -OCH3 is 1. The molecule has 0 aromatic heterocycles. The van der Waals surface area contributed by atoms with E-state index in [4.69, 9.17) is 4.74 Å². The number of hydrogen-bond donors (Lipinski definition) is 1. The largest absolute Gasteiger partial charge is 0.497 e. The highest BCUT2D eigenvalue weighted by atomic mass is 32.2. The highest BCUT2D eigenvalue weighted by Gasteiger charge is 2.17. The quantitative estimate of drug-likeness (QED) is 0.883. The van der Waals surface area contributed by atoms with E-state index in [0.717, 1.165) is 24.7 Å². The normalized spacial score (nSPS) is 15.8. The molecule has 0 amide bonds. The van der Waals surface area contributed by atoms with Crippen molar-refractivity contribution in [1.82, 2.24) is 0 Å². The number of nitrogens with one attached hydrogen (secondary N) is 1. The lowest BCUT2D eigenvalue weighted by Crippen LogP contribution is -2.32. The van der Waals surface area contributed by atoms with Crippen molar-refractivity contribution in [1.29, 1.82) is 0 Å². The second-order valence-corrected chi connectivity index (χ2v) is 8.18. The molecule has 1 N–H and O–H groups in total. The van der Waals surface area contributed by atoms with Crippen LogP contribution in [0, 0.1) is 5.92 Å². The molecule has 25 heavy (non-hydrogen) atoms. The number of sulfonamides is 1. The molecule has 0 spiro atoms. The summed E-state index contributed by atoms with van der Waals surface area (Å²) in [4.78, 5) is 2.56. The van der Waals surface area contributed by atoms with E-state index in [1.54, 1.807) is 19.2 Å². The van der Waals surface area contributed by atoms with Gasteiger partial charge >= 0.3 is 0 Å². The number of ether oxygens (including phenoxy) is 1. The third-order valence-electron chi connectivity index (χ3n) is 4.64. The minimum atomic E-state index is -3.60. The first-order chi connectivity index (χ1) is 12.0. The van der Waals surface area contributed by atoms with Crippen LogP contribution in [-0.2, 0) is 10.0 Å². The van der Waals surface area contributed by atoms with Crippen LogP contribution in [0.5, 0.6) is 5.75 Å². The average molecular weight is 360 g/mol. The maximum atomic E-state index is 12.5. The van der Waals surface area contributed by atoms with Crippen LogP contribution < -0.4 is 14.4 Å². The van der Waals surface area contributed by atoms with Gasteiger partial charge in [-0.25, -0.2) is 8.42 Å². The van der Waals surface area contributed by atoms with Crippen LogP contribution in [0.3, 0.4) is 0 Å². The number of nitrogens with zero attached hydrogens (tertiary/aromatic N) is 1. The molecule has 0 aliphatic carbocycles. The van der Waals surface area contributed by atoms with Crippen molar-refractivity contribution >= 4 is 21.4 Å². The summed E-state index contributed by atoms with van der Waals surface area (Å²) in [6.45, 7) is 4.39. The van der Waals surface area contributed by atoms with Gasteiger partial charge in [-0.3, -0.25) is 4.72 Å². The molecule has 134 valence electrons. The van der Waals surface area contributed by atoms with Gasteiger partial charge in [0.1, 0.15) is 5.75 Å². The van der Waals surface area contributed by atoms with Gasteiger partial charge in [0.25, 0.3) is 10.0 Å². The SMILES string of the molecule is COc1ccc(S(=O)(=O)Nc2ccc(N3CCC(C)CC3)cc2)cc1. The maximum absolute atomic E-state index is 12.5. The molecule has 0 bridgehead atoms. The Labute approximate surface area is 149 Å². The molecule has 0 atom stereocenters. The Morgan fingerprint density at radius 3 is 2.16 bits per heavy atom. The molecular weight excluding hydrogens is 336 g/mol. The lowest BCUT2D eigenvalue weighted by atomic mass is 9.99. The molecule has 2 aromatic carbocycles. The van der Waals surface area contributed by atoms with Crippen LogP contribution in [0.25, 0.3) is 0 Å². The van der Waals surface area contributed by atoms with E-state index in [1.807, 2.05) is 24.3 Å². The van der Waals surface area contributed by atoms with Crippen LogP contribution in [0.4, 0.5) is 11.4 Å². The number of hydrogen-bond acceptors (Lipinski definition) is 4. The van der Waals surface area contributed by atoms with Gasteiger partial charge in [0.05, 0.1) is 12.0 Å². The van der Waals surface area contributed by atoms with Crippen LogP contribution in [0.2, 0.25) is 0 Å². The Bertz CT molecular complexity index is 794. The minimum Gasteiger partial charge on any atom is -0.497 e. The Balaban J connectivity index is 1.69. The van der Waals surface area contributed by atoms with Gasteiger partial charge in [-0.15, -0.1) is 0 Å². The molecule has 3 rings (SSSR count). The lowest BCUT2D eigenvalue weighted by molar-refractivity contribution is 0.414. The van der Waals surface area contributed by atoms with E-state index in [-0.39, 0.29) is 4.90 Å². The van der Waals surface area contributed by atoms with Gasteiger partial charge in [0, 0.05) is 24.5 Å². The molecule has 1 fully saturated rings. The second-order valence-electron chi connectivity index (χ2n) is 6.50. The minimum absolute atomic E-state index is 0.211. The summed E-state index contributed by atoms with van der Waals surface area (Å²) in [5.74, 6) is 1.41. The molecule has 0 radical (unpaired) electrons. The summed E-state index contributed by atoms with van der Waals surface area (Å²) in [7, 11) is -2.05. The van der Waals surface area contributed by atoms with Crippen molar-refractivity contribution in [3.05, 3.63) is 48.5 Å². The number of rotatable bonds is 5. The van der Waals surface area contributed by atoms with Crippen LogP contribution in [-0.4, -0.2) is 28.6 Å². The summed E-state index contributed by atoms with van der Waals surface area (Å²) in [6, 6.07) is 13.9. The molecule has 0 unspecified atom stereocenters. The third kappa shape index (κ3) is 4.25. The molecule has 5 nitrogen and oxygen atoms in total. The first kappa shape index (κ1) is 17.6. The van der Waals surface area contributed by atoms with Gasteiger partial charge in [-0.05, 0) is 67.3 Å². The first-order valence-corrected chi connectivity index (χ1v) is 9.98. The molecule has 1 aliphatic heterocycles. The fourth-order valence-electron chi connectivity index (χ4n) is 2.98. The van der Waals surface area contributed by atoms with Gasteiger partial charge in [0.2, 0.25) is 0 Å². The monoisotopic (exact) mass is 360 g/mol. The zero-order valence-corrected chi connectivity index (χ0v) is 15.4. The molecular formula is C19H24N2O3S. The third-order valence-corrected chi connectivity index (χ3v) is 6.04. The number of anilines is 2. The van der Waals surface area contributed by atoms with Crippen molar-refractivity contribution in [2.45, 2.75) is 24.7 Å². The van der Waals surface area contributed by atoms with E-state index < -0.39 is 10.0 Å². The van der Waals surface area contributed by atoms with Gasteiger partial charge in [-0.1, -0.05) is 6.92 Å². The first-order valence-electron chi connectivity index (χ1n) is 8.50. The van der Waals surface area contributed by atoms with Crippen LogP contribution >= 0.6 is 0 Å². The van der Waals surface area contributed by atoms with Crippen molar-refractivity contribution in [3.63, 3.8) is 0 Å². The van der Waals surface area contributed by atoms with E-state index in [0.29, 0.717) is 11.4 Å². The summed E-state index contributed by atoms with van der Waals surface area (Å²) in [5, 5.41) is 0. The average Bonchev–Trinajstić information content (AvgIpc) is 2.63. The molecule has 1 saturated heterocycles. The highest BCUT2D eigenvalue weighted by Crippen LogP contribution is 2.25. The molecule has 2 aromatic rings. The summed E-state index contributed by atoms with van der Waals surface area (Å²) < 4.78 is 32.6. The smallest absolute Gasteiger partial charge is 0.261 e. The molecule has 0 saturated carbocycles. The van der Waals surface area contributed by atoms with E-state index in [2.05, 4.69) is 16.5 Å².